The molecule has 3 rings (SSSR count). The van der Waals surface area contributed by atoms with Crippen molar-refractivity contribution in [3.8, 4) is 5.75 Å². The minimum Gasteiger partial charge on any atom is -0.494 e. The van der Waals surface area contributed by atoms with Crippen LogP contribution in [-0.4, -0.2) is 18.5 Å². The van der Waals surface area contributed by atoms with Crippen molar-refractivity contribution >= 4 is 33.9 Å². The Morgan fingerprint density at radius 2 is 1.92 bits per heavy atom. The number of benzene rings is 2. The first kappa shape index (κ1) is 16.5. The molecule has 0 atom stereocenters. The molecule has 2 aromatic rings. The summed E-state index contributed by atoms with van der Waals surface area (Å²) in [7, 11) is 0. The fraction of sp³-hybridized carbons (Fsp3) is 0.158. The minimum atomic E-state index is -0.452. The van der Waals surface area contributed by atoms with E-state index >= 15 is 0 Å². The van der Waals surface area contributed by atoms with Crippen molar-refractivity contribution < 1.29 is 14.3 Å². The number of carbonyl (C=O) groups excluding carboxylic acids is 1. The highest BCUT2D eigenvalue weighted by Gasteiger charge is 2.25. The first-order valence-corrected chi connectivity index (χ1v) is 8.47. The molecule has 5 heteroatoms. The van der Waals surface area contributed by atoms with Crippen LogP contribution in [0.4, 0.5) is 0 Å². The molecule has 24 heavy (non-hydrogen) atoms. The van der Waals surface area contributed by atoms with E-state index in [9.17, 15) is 4.79 Å². The van der Waals surface area contributed by atoms with Crippen LogP contribution in [0.15, 0.2) is 63.7 Å². The van der Waals surface area contributed by atoms with Crippen LogP contribution < -0.4 is 4.74 Å². The molecule has 0 aliphatic carbocycles. The number of esters is 1. The maximum Gasteiger partial charge on any atom is 0.363 e. The van der Waals surface area contributed by atoms with E-state index in [-0.39, 0.29) is 5.70 Å². The summed E-state index contributed by atoms with van der Waals surface area (Å²) in [6, 6.07) is 15.0. The van der Waals surface area contributed by atoms with Crippen LogP contribution in [0.3, 0.4) is 0 Å². The average molecular weight is 386 g/mol. The standard InChI is InChI=1S/C19H16BrNO3/c1-2-11-23-14-9-7-13(8-10-14)12-17-19(22)24-18(21-17)15-5-3-4-6-16(15)20/h3-10,12H,2,11H2,1H3/b17-12-. The second kappa shape index (κ2) is 7.45. The van der Waals surface area contributed by atoms with E-state index in [4.69, 9.17) is 9.47 Å². The smallest absolute Gasteiger partial charge is 0.363 e. The Morgan fingerprint density at radius 3 is 2.62 bits per heavy atom. The Morgan fingerprint density at radius 1 is 1.17 bits per heavy atom. The molecule has 0 amide bonds. The third-order valence-corrected chi connectivity index (χ3v) is 4.07. The molecule has 4 nitrogen and oxygen atoms in total. The van der Waals surface area contributed by atoms with Crippen molar-refractivity contribution in [3.05, 3.63) is 69.8 Å². The molecular weight excluding hydrogens is 370 g/mol. The molecule has 0 bridgehead atoms. The van der Waals surface area contributed by atoms with Gasteiger partial charge in [0.15, 0.2) is 5.70 Å². The third kappa shape index (κ3) is 3.74. The number of carbonyl (C=O) groups is 1. The van der Waals surface area contributed by atoms with Crippen molar-refractivity contribution in [3.63, 3.8) is 0 Å². The van der Waals surface area contributed by atoms with Crippen LogP contribution in [0.5, 0.6) is 5.75 Å². The van der Waals surface area contributed by atoms with Gasteiger partial charge in [-0.05, 0) is 58.3 Å². The lowest BCUT2D eigenvalue weighted by molar-refractivity contribution is -0.129. The largest absolute Gasteiger partial charge is 0.494 e. The summed E-state index contributed by atoms with van der Waals surface area (Å²) >= 11 is 3.44. The van der Waals surface area contributed by atoms with Gasteiger partial charge >= 0.3 is 5.97 Å². The quantitative estimate of drug-likeness (QED) is 0.558. The van der Waals surface area contributed by atoms with Crippen LogP contribution >= 0.6 is 15.9 Å². The molecule has 0 N–H and O–H groups in total. The number of aliphatic imine (C=N–C) groups is 1. The SMILES string of the molecule is CCCOc1ccc(/C=C2\N=C(c3ccccc3Br)OC2=O)cc1. The van der Waals surface area contributed by atoms with Crippen LogP contribution in [0.25, 0.3) is 6.08 Å². The predicted molar refractivity (Wildman–Crippen MR) is 97.0 cm³/mol. The second-order valence-corrected chi connectivity index (χ2v) is 6.09. The van der Waals surface area contributed by atoms with Gasteiger partial charge in [0, 0.05) is 4.47 Å². The van der Waals surface area contributed by atoms with Crippen LogP contribution in [0.2, 0.25) is 0 Å². The molecule has 1 aliphatic rings. The van der Waals surface area contributed by atoms with Gasteiger partial charge in [-0.2, -0.15) is 0 Å². The summed E-state index contributed by atoms with van der Waals surface area (Å²) in [5, 5.41) is 0. The van der Waals surface area contributed by atoms with Gasteiger partial charge < -0.3 is 9.47 Å². The molecule has 0 fully saturated rings. The molecule has 1 heterocycles. The van der Waals surface area contributed by atoms with E-state index in [1.807, 2.05) is 48.5 Å². The van der Waals surface area contributed by atoms with E-state index in [0.29, 0.717) is 12.5 Å². The minimum absolute atomic E-state index is 0.281. The van der Waals surface area contributed by atoms with Gasteiger partial charge in [-0.25, -0.2) is 9.79 Å². The zero-order chi connectivity index (χ0) is 16.9. The maximum absolute atomic E-state index is 12.0. The summed E-state index contributed by atoms with van der Waals surface area (Å²) in [6.07, 6.45) is 2.67. The molecule has 1 aliphatic heterocycles. The zero-order valence-corrected chi connectivity index (χ0v) is 14.7. The highest BCUT2D eigenvalue weighted by Crippen LogP contribution is 2.24. The summed E-state index contributed by atoms with van der Waals surface area (Å²) in [5.74, 6) is 0.666. The monoisotopic (exact) mass is 385 g/mol. The zero-order valence-electron chi connectivity index (χ0n) is 13.2. The number of hydrogen-bond acceptors (Lipinski definition) is 4. The summed E-state index contributed by atoms with van der Waals surface area (Å²) in [4.78, 5) is 16.3. The van der Waals surface area contributed by atoms with E-state index in [2.05, 4.69) is 27.8 Å². The summed E-state index contributed by atoms with van der Waals surface area (Å²) in [6.45, 7) is 2.75. The normalized spacial score (nSPS) is 15.3. The fourth-order valence-electron chi connectivity index (χ4n) is 2.20. The van der Waals surface area contributed by atoms with E-state index in [1.165, 1.54) is 0 Å². The molecule has 0 unspecified atom stereocenters. The topological polar surface area (TPSA) is 47.9 Å². The van der Waals surface area contributed by atoms with Gasteiger partial charge in [0.05, 0.1) is 12.2 Å². The highest BCUT2D eigenvalue weighted by molar-refractivity contribution is 9.10. The number of ether oxygens (including phenoxy) is 2. The van der Waals surface area contributed by atoms with Gasteiger partial charge in [0.1, 0.15) is 5.75 Å². The predicted octanol–water partition coefficient (Wildman–Crippen LogP) is 4.58. The van der Waals surface area contributed by atoms with Crippen molar-refractivity contribution in [1.29, 1.82) is 0 Å². The van der Waals surface area contributed by atoms with Crippen molar-refractivity contribution in [2.24, 2.45) is 4.99 Å². The van der Waals surface area contributed by atoms with Gasteiger partial charge in [0.25, 0.3) is 0 Å². The van der Waals surface area contributed by atoms with Crippen molar-refractivity contribution in [1.82, 2.24) is 0 Å². The molecular formula is C19H16BrNO3. The first-order chi connectivity index (χ1) is 11.7. The molecule has 0 aromatic heterocycles. The number of halogens is 1. The van der Waals surface area contributed by atoms with Gasteiger partial charge in [-0.3, -0.25) is 0 Å². The van der Waals surface area contributed by atoms with E-state index in [1.54, 1.807) is 6.08 Å². The summed E-state index contributed by atoms with van der Waals surface area (Å²) < 4.78 is 11.7. The Bertz CT molecular complexity index is 810. The second-order valence-electron chi connectivity index (χ2n) is 5.23. The summed E-state index contributed by atoms with van der Waals surface area (Å²) in [5.41, 5.74) is 1.89. The molecule has 122 valence electrons. The third-order valence-electron chi connectivity index (χ3n) is 3.38. The maximum atomic E-state index is 12.0. The van der Waals surface area contributed by atoms with Gasteiger partial charge in [0.2, 0.25) is 5.90 Å². The molecule has 0 spiro atoms. The Balaban J connectivity index is 1.82. The number of nitrogens with zero attached hydrogens (tertiary/aromatic N) is 1. The van der Waals surface area contributed by atoms with E-state index in [0.717, 1.165) is 27.8 Å². The molecule has 0 radical (unpaired) electrons. The first-order valence-electron chi connectivity index (χ1n) is 7.67. The van der Waals surface area contributed by atoms with Gasteiger partial charge in [-0.15, -0.1) is 0 Å². The number of rotatable bonds is 5. The lowest BCUT2D eigenvalue weighted by Crippen LogP contribution is -2.05. The van der Waals surface area contributed by atoms with Crippen molar-refractivity contribution in [2.75, 3.05) is 6.61 Å². The van der Waals surface area contributed by atoms with Crippen LogP contribution in [0.1, 0.15) is 24.5 Å². The highest BCUT2D eigenvalue weighted by atomic mass is 79.9. The molecule has 2 aromatic carbocycles. The average Bonchev–Trinajstić information content (AvgIpc) is 2.95. The van der Waals surface area contributed by atoms with E-state index < -0.39 is 5.97 Å². The number of cyclic esters (lactones) is 1. The molecule has 0 saturated carbocycles. The lowest BCUT2D eigenvalue weighted by Gasteiger charge is -2.04. The molecule has 0 saturated heterocycles. The Kier molecular flexibility index (Phi) is 5.11. The van der Waals surface area contributed by atoms with Crippen LogP contribution in [0, 0.1) is 0 Å². The number of hydrogen-bond donors (Lipinski definition) is 0. The van der Waals surface area contributed by atoms with Crippen LogP contribution in [-0.2, 0) is 9.53 Å². The fourth-order valence-corrected chi connectivity index (χ4v) is 2.65. The lowest BCUT2D eigenvalue weighted by atomic mass is 10.2. The Hall–Kier alpha value is -2.40. The van der Waals surface area contributed by atoms with Crippen molar-refractivity contribution in [2.45, 2.75) is 13.3 Å². The Labute approximate surface area is 148 Å². The van der Waals surface area contributed by atoms with Gasteiger partial charge in [-0.1, -0.05) is 31.2 Å².